The summed E-state index contributed by atoms with van der Waals surface area (Å²) < 4.78 is 51.5. The lowest BCUT2D eigenvalue weighted by Gasteiger charge is -2.19. The van der Waals surface area contributed by atoms with Gasteiger partial charge in [-0.25, -0.2) is 9.97 Å². The van der Waals surface area contributed by atoms with E-state index < -0.39 is 17.8 Å². The summed E-state index contributed by atoms with van der Waals surface area (Å²) in [6.45, 7) is 3.59. The first-order valence-electron chi connectivity index (χ1n) is 9.94. The summed E-state index contributed by atoms with van der Waals surface area (Å²) in [6.07, 6.45) is 0.650. The van der Waals surface area contributed by atoms with Crippen molar-refractivity contribution in [3.05, 3.63) is 53.7 Å². The predicted molar refractivity (Wildman–Crippen MR) is 114 cm³/mol. The number of alkyl halides is 3. The molecule has 32 heavy (non-hydrogen) atoms. The van der Waals surface area contributed by atoms with E-state index in [0.717, 1.165) is 30.7 Å². The van der Waals surface area contributed by atoms with E-state index in [9.17, 15) is 18.0 Å². The summed E-state index contributed by atoms with van der Waals surface area (Å²) in [7, 11) is 0. The molecule has 0 unspecified atom stereocenters. The lowest BCUT2D eigenvalue weighted by Crippen LogP contribution is -2.17. The van der Waals surface area contributed by atoms with Crippen molar-refractivity contribution in [1.82, 2.24) is 14.4 Å². The average molecular weight is 471 g/mol. The van der Waals surface area contributed by atoms with Crippen LogP contribution in [0, 0.1) is 0 Å². The number of anilines is 1. The van der Waals surface area contributed by atoms with Crippen molar-refractivity contribution in [3.8, 4) is 5.75 Å². The van der Waals surface area contributed by atoms with Crippen LogP contribution in [0.1, 0.15) is 47.6 Å². The van der Waals surface area contributed by atoms with Crippen molar-refractivity contribution in [2.75, 3.05) is 25.1 Å². The van der Waals surface area contributed by atoms with E-state index in [1.807, 2.05) is 13.1 Å². The first kappa shape index (κ1) is 23.8. The molecule has 1 N–H and O–H groups in total. The van der Waals surface area contributed by atoms with Crippen LogP contribution in [0.15, 0.2) is 36.7 Å². The minimum absolute atomic E-state index is 0. The number of aromatic nitrogens is 3. The number of carbonyl (C=O) groups excluding carboxylic acids is 1. The summed E-state index contributed by atoms with van der Waals surface area (Å²) in [5.74, 6) is -0.0104. The summed E-state index contributed by atoms with van der Waals surface area (Å²) in [5, 5.41) is 2.60. The van der Waals surface area contributed by atoms with Gasteiger partial charge in [-0.15, -0.1) is 12.4 Å². The fraction of sp³-hybridized carbons (Fsp3) is 0.381. The van der Waals surface area contributed by atoms with Crippen LogP contribution in [0.3, 0.4) is 0 Å². The first-order chi connectivity index (χ1) is 14.8. The zero-order valence-corrected chi connectivity index (χ0v) is 18.0. The van der Waals surface area contributed by atoms with Crippen molar-refractivity contribution in [3.63, 3.8) is 0 Å². The van der Waals surface area contributed by atoms with Crippen molar-refractivity contribution in [2.24, 2.45) is 0 Å². The van der Waals surface area contributed by atoms with Crippen molar-refractivity contribution >= 4 is 29.6 Å². The summed E-state index contributed by atoms with van der Waals surface area (Å²) >= 11 is 0. The standard InChI is InChI=1S/C21H21F3N4O3.ClH/c1-2-31-17-10-14(25-20(29)15-4-3-5-18(26-15)21(22,23)24)11-28-12-16(27-19(17)28)13-6-8-30-9-7-13;/h3-5,10-13H,2,6-9H2,1H3,(H,25,29);1H. The van der Waals surface area contributed by atoms with E-state index in [-0.39, 0.29) is 24.0 Å². The molecule has 4 rings (SSSR count). The number of hydrogen-bond donors (Lipinski definition) is 1. The molecule has 0 aromatic carbocycles. The van der Waals surface area contributed by atoms with Crippen LogP contribution >= 0.6 is 12.4 Å². The number of rotatable bonds is 5. The van der Waals surface area contributed by atoms with Crippen molar-refractivity contribution in [1.29, 1.82) is 0 Å². The Morgan fingerprint density at radius 2 is 2.00 bits per heavy atom. The Hall–Kier alpha value is -2.85. The van der Waals surface area contributed by atoms with Gasteiger partial charge >= 0.3 is 6.18 Å². The van der Waals surface area contributed by atoms with Crippen LogP contribution in [0.2, 0.25) is 0 Å². The third-order valence-corrected chi connectivity index (χ3v) is 5.01. The van der Waals surface area contributed by atoms with Gasteiger partial charge in [0.25, 0.3) is 5.91 Å². The number of fused-ring (bicyclic) bond motifs is 1. The maximum Gasteiger partial charge on any atom is 0.433 e. The summed E-state index contributed by atoms with van der Waals surface area (Å²) in [5.41, 5.74) is 0.421. The van der Waals surface area contributed by atoms with Gasteiger partial charge in [0.1, 0.15) is 11.4 Å². The maximum absolute atomic E-state index is 12.9. The Morgan fingerprint density at radius 1 is 1.25 bits per heavy atom. The highest BCUT2D eigenvalue weighted by Gasteiger charge is 2.33. The SMILES string of the molecule is CCOc1cc(NC(=O)c2cccc(C(F)(F)F)n2)cn2cc(C3CCOCC3)nc12.Cl. The second-order valence-electron chi connectivity index (χ2n) is 7.17. The van der Waals surface area contributed by atoms with Crippen LogP contribution in [0.4, 0.5) is 18.9 Å². The largest absolute Gasteiger partial charge is 0.490 e. The van der Waals surface area contributed by atoms with Crippen LogP contribution in [0.25, 0.3) is 5.65 Å². The molecule has 11 heteroatoms. The van der Waals surface area contributed by atoms with Gasteiger partial charge in [-0.05, 0) is 31.9 Å². The molecule has 7 nitrogen and oxygen atoms in total. The van der Waals surface area contributed by atoms with Crippen molar-refractivity contribution < 1.29 is 27.4 Å². The molecular weight excluding hydrogens is 449 g/mol. The van der Waals surface area contributed by atoms with E-state index in [1.54, 1.807) is 16.7 Å². The van der Waals surface area contributed by atoms with Gasteiger partial charge in [0, 0.05) is 37.6 Å². The zero-order chi connectivity index (χ0) is 22.0. The van der Waals surface area contributed by atoms with Gasteiger partial charge in [0.15, 0.2) is 11.4 Å². The molecule has 172 valence electrons. The molecule has 1 fully saturated rings. The number of amides is 1. The van der Waals surface area contributed by atoms with Crippen LogP contribution in [0.5, 0.6) is 5.75 Å². The smallest absolute Gasteiger partial charge is 0.433 e. The molecule has 0 saturated carbocycles. The Kier molecular flexibility index (Phi) is 7.25. The van der Waals surface area contributed by atoms with Gasteiger partial charge in [-0.2, -0.15) is 13.2 Å². The Morgan fingerprint density at radius 3 is 2.69 bits per heavy atom. The number of hydrogen-bond acceptors (Lipinski definition) is 5. The number of halogens is 4. The molecule has 1 aliphatic rings. The van der Waals surface area contributed by atoms with Crippen LogP contribution in [-0.2, 0) is 10.9 Å². The van der Waals surface area contributed by atoms with Crippen molar-refractivity contribution in [2.45, 2.75) is 31.9 Å². The average Bonchev–Trinajstić information content (AvgIpc) is 3.18. The molecule has 1 aliphatic heterocycles. The van der Waals surface area contributed by atoms with E-state index in [1.165, 1.54) is 6.07 Å². The highest BCUT2D eigenvalue weighted by atomic mass is 35.5. The monoisotopic (exact) mass is 470 g/mol. The van der Waals surface area contributed by atoms with Crippen LogP contribution < -0.4 is 10.1 Å². The van der Waals surface area contributed by atoms with E-state index in [2.05, 4.69) is 10.3 Å². The fourth-order valence-electron chi connectivity index (χ4n) is 3.52. The summed E-state index contributed by atoms with van der Waals surface area (Å²) in [4.78, 5) is 20.7. The molecule has 1 amide bonds. The molecule has 1 saturated heterocycles. The Balaban J connectivity index is 0.00000289. The second-order valence-corrected chi connectivity index (χ2v) is 7.17. The van der Waals surface area contributed by atoms with E-state index in [0.29, 0.717) is 36.9 Å². The summed E-state index contributed by atoms with van der Waals surface area (Å²) in [6, 6.07) is 4.80. The second kappa shape index (κ2) is 9.74. The van der Waals surface area contributed by atoms with Gasteiger partial charge in [-0.3, -0.25) is 4.79 Å². The third-order valence-electron chi connectivity index (χ3n) is 5.01. The number of carbonyl (C=O) groups is 1. The predicted octanol–water partition coefficient (Wildman–Crippen LogP) is 4.71. The molecule has 4 heterocycles. The fourth-order valence-corrected chi connectivity index (χ4v) is 3.52. The number of nitrogens with one attached hydrogen (secondary N) is 1. The van der Waals surface area contributed by atoms with E-state index >= 15 is 0 Å². The highest BCUT2D eigenvalue weighted by molar-refractivity contribution is 6.03. The molecule has 3 aromatic rings. The lowest BCUT2D eigenvalue weighted by atomic mass is 9.97. The first-order valence-corrected chi connectivity index (χ1v) is 9.94. The van der Waals surface area contributed by atoms with E-state index in [4.69, 9.17) is 14.5 Å². The number of imidazole rings is 1. The zero-order valence-electron chi connectivity index (χ0n) is 17.2. The molecule has 0 aliphatic carbocycles. The number of pyridine rings is 2. The topological polar surface area (TPSA) is 77.8 Å². The molecule has 0 atom stereocenters. The van der Waals surface area contributed by atoms with Gasteiger partial charge in [0.2, 0.25) is 0 Å². The van der Waals surface area contributed by atoms with Crippen LogP contribution in [-0.4, -0.2) is 40.1 Å². The quantitative estimate of drug-likeness (QED) is 0.584. The highest BCUT2D eigenvalue weighted by Crippen LogP contribution is 2.31. The van der Waals surface area contributed by atoms with Gasteiger partial charge < -0.3 is 19.2 Å². The minimum Gasteiger partial charge on any atom is -0.490 e. The minimum atomic E-state index is -4.63. The molecule has 0 radical (unpaired) electrons. The molecule has 0 bridgehead atoms. The van der Waals surface area contributed by atoms with Gasteiger partial charge in [0.05, 0.1) is 18.0 Å². The third kappa shape index (κ3) is 5.13. The normalized spacial score (nSPS) is 14.8. The number of ether oxygens (including phenoxy) is 2. The Bertz CT molecular complexity index is 1100. The molecule has 3 aromatic heterocycles. The maximum atomic E-state index is 12.9. The van der Waals surface area contributed by atoms with Gasteiger partial charge in [-0.1, -0.05) is 6.07 Å². The molecular formula is C21H22ClF3N4O3. The Labute approximate surface area is 188 Å². The molecule has 0 spiro atoms. The lowest BCUT2D eigenvalue weighted by molar-refractivity contribution is -0.141. The number of nitrogens with zero attached hydrogens (tertiary/aromatic N) is 3.